The summed E-state index contributed by atoms with van der Waals surface area (Å²) in [5.41, 5.74) is 0. The minimum absolute atomic E-state index is 0. The first kappa shape index (κ1) is 17.4. The molecule has 0 aliphatic carbocycles. The number of hydrogen-bond acceptors (Lipinski definition) is 5. The van der Waals surface area contributed by atoms with Crippen molar-refractivity contribution in [1.29, 1.82) is 0 Å². The molecular formula is C4H9FeNO6. The van der Waals surface area contributed by atoms with E-state index in [2.05, 4.69) is 0 Å². The van der Waals surface area contributed by atoms with Crippen molar-refractivity contribution in [2.45, 2.75) is 12.2 Å². The van der Waals surface area contributed by atoms with Crippen LogP contribution in [0.1, 0.15) is 0 Å². The fourth-order valence-corrected chi connectivity index (χ4v) is 0.270. The smallest absolute Gasteiger partial charge is 0.335 e. The maximum Gasteiger partial charge on any atom is 0.335 e. The van der Waals surface area contributed by atoms with Gasteiger partial charge in [-0.2, -0.15) is 0 Å². The third-order valence-corrected chi connectivity index (χ3v) is 0.805. The Kier molecular flexibility index (Phi) is 10.2. The van der Waals surface area contributed by atoms with Crippen LogP contribution < -0.4 is 6.15 Å². The molecule has 0 aliphatic rings. The summed E-state index contributed by atoms with van der Waals surface area (Å²) in [4.78, 5) is 19.5. The first-order valence-corrected chi connectivity index (χ1v) is 2.28. The van der Waals surface area contributed by atoms with Crippen LogP contribution >= 0.6 is 0 Å². The second-order valence-electron chi connectivity index (χ2n) is 1.57. The van der Waals surface area contributed by atoms with Crippen molar-refractivity contribution in [2.75, 3.05) is 0 Å². The predicted molar refractivity (Wildman–Crippen MR) is 32.3 cm³/mol. The molecule has 7 N–H and O–H groups in total. The Morgan fingerprint density at radius 2 is 1.08 bits per heavy atom. The number of aliphatic hydroxyl groups is 2. The van der Waals surface area contributed by atoms with Gasteiger partial charge < -0.3 is 26.6 Å². The standard InChI is InChI=1S/C4H6O6.Fe.H3N/c5-1(3(7)8)2(6)4(9)10;;/h1-2,5-6H,(H,7,8)(H,9,10);;1H3/t1-,2-;;/m1../s1. The first-order valence-electron chi connectivity index (χ1n) is 2.28. The Labute approximate surface area is 78.1 Å². The predicted octanol–water partition coefficient (Wildman–Crippen LogP) is -1.96. The normalized spacial score (nSPS) is 13.2. The Morgan fingerprint density at radius 3 is 1.17 bits per heavy atom. The number of carboxylic acids is 2. The van der Waals surface area contributed by atoms with Crippen molar-refractivity contribution >= 4 is 11.9 Å². The molecule has 0 heterocycles. The van der Waals surface area contributed by atoms with Crippen molar-refractivity contribution in [3.8, 4) is 0 Å². The van der Waals surface area contributed by atoms with Crippen molar-refractivity contribution in [2.24, 2.45) is 0 Å². The van der Waals surface area contributed by atoms with Gasteiger partial charge in [-0.05, 0) is 0 Å². The van der Waals surface area contributed by atoms with E-state index in [1.165, 1.54) is 0 Å². The van der Waals surface area contributed by atoms with Crippen LogP contribution in [0.4, 0.5) is 0 Å². The molecule has 0 unspecified atom stereocenters. The molecule has 0 bridgehead atoms. The van der Waals surface area contributed by atoms with Gasteiger partial charge in [-0.1, -0.05) is 0 Å². The second kappa shape index (κ2) is 7.01. The van der Waals surface area contributed by atoms with E-state index in [9.17, 15) is 9.59 Å². The molecule has 0 amide bonds. The van der Waals surface area contributed by atoms with Gasteiger partial charge in [0.05, 0.1) is 0 Å². The zero-order valence-corrected chi connectivity index (χ0v) is 6.92. The topological polar surface area (TPSA) is 150 Å². The molecule has 0 saturated heterocycles. The number of aliphatic hydroxyl groups excluding tert-OH is 2. The summed E-state index contributed by atoms with van der Waals surface area (Å²) < 4.78 is 0. The molecule has 74 valence electrons. The molecule has 8 heteroatoms. The number of rotatable bonds is 3. The third-order valence-electron chi connectivity index (χ3n) is 0.805. The molecule has 2 atom stereocenters. The summed E-state index contributed by atoms with van der Waals surface area (Å²) in [7, 11) is 0. The Balaban J connectivity index is -0.000000405. The molecule has 0 spiro atoms. The number of carbonyl (C=O) groups is 2. The van der Waals surface area contributed by atoms with Gasteiger partial charge in [0.25, 0.3) is 0 Å². The summed E-state index contributed by atoms with van der Waals surface area (Å²) in [6.07, 6.45) is -4.53. The molecule has 7 nitrogen and oxygen atoms in total. The van der Waals surface area contributed by atoms with Crippen molar-refractivity contribution in [3.63, 3.8) is 0 Å². The van der Waals surface area contributed by atoms with Crippen LogP contribution in [0, 0.1) is 0 Å². The fourth-order valence-electron chi connectivity index (χ4n) is 0.270. The van der Waals surface area contributed by atoms with E-state index in [1.807, 2.05) is 0 Å². The number of carboxylic acid groups (broad SMARTS) is 2. The minimum Gasteiger partial charge on any atom is -0.479 e. The molecule has 0 aromatic heterocycles. The monoisotopic (exact) mass is 223 g/mol. The van der Waals surface area contributed by atoms with E-state index in [1.54, 1.807) is 0 Å². The average molecular weight is 223 g/mol. The van der Waals surface area contributed by atoms with Crippen molar-refractivity contribution < 1.29 is 47.1 Å². The van der Waals surface area contributed by atoms with E-state index in [0.29, 0.717) is 0 Å². The van der Waals surface area contributed by atoms with Gasteiger partial charge in [-0.25, -0.2) is 9.59 Å². The van der Waals surface area contributed by atoms with Crippen molar-refractivity contribution in [1.82, 2.24) is 6.15 Å². The van der Waals surface area contributed by atoms with Gasteiger partial charge in [0.15, 0.2) is 12.2 Å². The van der Waals surface area contributed by atoms with E-state index in [-0.39, 0.29) is 23.2 Å². The molecule has 0 aliphatic heterocycles. The maximum absolute atomic E-state index is 9.77. The Morgan fingerprint density at radius 1 is 0.917 bits per heavy atom. The summed E-state index contributed by atoms with van der Waals surface area (Å²) >= 11 is 0. The zero-order chi connectivity index (χ0) is 8.31. The minimum atomic E-state index is -2.27. The zero-order valence-electron chi connectivity index (χ0n) is 5.82. The quantitative estimate of drug-likeness (QED) is 0.348. The van der Waals surface area contributed by atoms with E-state index in [0.717, 1.165) is 0 Å². The van der Waals surface area contributed by atoms with Crippen LogP contribution in [-0.2, 0) is 26.7 Å². The molecule has 0 rings (SSSR count). The molecule has 0 aromatic rings. The van der Waals surface area contributed by atoms with Gasteiger partial charge in [-0.3, -0.25) is 0 Å². The van der Waals surface area contributed by atoms with Crippen LogP contribution in [0.3, 0.4) is 0 Å². The summed E-state index contributed by atoms with van der Waals surface area (Å²) in [5.74, 6) is -3.54. The fraction of sp³-hybridized carbons (Fsp3) is 0.500. The van der Waals surface area contributed by atoms with Crippen LogP contribution in [-0.4, -0.2) is 44.6 Å². The second-order valence-corrected chi connectivity index (χ2v) is 1.57. The third kappa shape index (κ3) is 5.05. The van der Waals surface area contributed by atoms with Crippen LogP contribution in [0.15, 0.2) is 0 Å². The molecule has 0 aromatic carbocycles. The van der Waals surface area contributed by atoms with Gasteiger partial charge in [0, 0.05) is 17.1 Å². The van der Waals surface area contributed by atoms with E-state index < -0.39 is 24.1 Å². The average Bonchev–Trinajstić information content (AvgIpc) is 1.84. The van der Waals surface area contributed by atoms with E-state index in [4.69, 9.17) is 20.4 Å². The first-order chi connectivity index (χ1) is 4.46. The molecule has 12 heavy (non-hydrogen) atoms. The summed E-state index contributed by atoms with van der Waals surface area (Å²) in [6.45, 7) is 0. The van der Waals surface area contributed by atoms with Gasteiger partial charge >= 0.3 is 11.9 Å². The summed E-state index contributed by atoms with van der Waals surface area (Å²) in [6, 6.07) is 0. The summed E-state index contributed by atoms with van der Waals surface area (Å²) in [5, 5.41) is 32.5. The van der Waals surface area contributed by atoms with E-state index >= 15 is 0 Å². The van der Waals surface area contributed by atoms with Crippen molar-refractivity contribution in [3.05, 3.63) is 0 Å². The Bertz CT molecular complexity index is 144. The van der Waals surface area contributed by atoms with Crippen LogP contribution in [0.2, 0.25) is 0 Å². The van der Waals surface area contributed by atoms with Crippen LogP contribution in [0.5, 0.6) is 0 Å². The molecular weight excluding hydrogens is 214 g/mol. The maximum atomic E-state index is 9.77. The number of hydrogen-bond donors (Lipinski definition) is 5. The van der Waals surface area contributed by atoms with Gasteiger partial charge in [0.1, 0.15) is 0 Å². The van der Waals surface area contributed by atoms with Crippen LogP contribution in [0.25, 0.3) is 0 Å². The number of aliphatic carboxylic acids is 2. The Hall–Kier alpha value is -0.661. The SMILES string of the molecule is N.O=C(O)[C@H](O)[C@@H](O)C(=O)O.[Fe]. The molecule has 0 saturated carbocycles. The molecule has 0 fully saturated rings. The molecule has 0 radical (unpaired) electrons. The van der Waals surface area contributed by atoms with Gasteiger partial charge in [0.2, 0.25) is 0 Å². The van der Waals surface area contributed by atoms with Gasteiger partial charge in [-0.15, -0.1) is 0 Å². The largest absolute Gasteiger partial charge is 0.479 e.